The molecule has 31 heteroatoms. The Morgan fingerprint density at radius 1 is 0.391 bits per heavy atom. The third kappa shape index (κ3) is 37.8. The topological polar surface area (TPSA) is 303 Å². The van der Waals surface area contributed by atoms with Crippen molar-refractivity contribution in [3.63, 3.8) is 0 Å². The fourth-order valence-electron chi connectivity index (χ4n) is 13.7. The van der Waals surface area contributed by atoms with Crippen molar-refractivity contribution in [2.45, 2.75) is 348 Å². The van der Waals surface area contributed by atoms with E-state index in [0.717, 1.165) is 124 Å². The van der Waals surface area contributed by atoms with E-state index in [0.29, 0.717) is 101 Å². The van der Waals surface area contributed by atoms with Crippen LogP contribution >= 0.6 is 34.0 Å². The zero-order valence-corrected chi connectivity index (χ0v) is 78.3. The minimum Gasteiger partial charge on any atom is -0.385 e. The molecule has 3 aliphatic heterocycles. The van der Waals surface area contributed by atoms with Crippen LogP contribution in [0, 0.1) is 0 Å². The number of ether oxygens (including phenoxy) is 2. The lowest BCUT2D eigenvalue weighted by molar-refractivity contribution is 0.185. The van der Waals surface area contributed by atoms with Gasteiger partial charge < -0.3 is 25.4 Å². The second-order valence-corrected chi connectivity index (χ2v) is 45.5. The predicted octanol–water partition coefficient (Wildman–Crippen LogP) is 20.5. The summed E-state index contributed by atoms with van der Waals surface area (Å²) in [5, 5.41) is 9.33. The van der Waals surface area contributed by atoms with Crippen molar-refractivity contribution in [2.24, 2.45) is 13.2 Å². The second kappa shape index (κ2) is 58.5. The van der Waals surface area contributed by atoms with Gasteiger partial charge in [0.1, 0.15) is 25.3 Å². The molecule has 0 bridgehead atoms. The highest BCUT2D eigenvalue weighted by molar-refractivity contribution is 7.96. The zero-order chi connectivity index (χ0) is 84.3. The molecule has 0 saturated carbocycles. The van der Waals surface area contributed by atoms with Crippen LogP contribution in [-0.2, 0) is 69.4 Å². The van der Waals surface area contributed by atoms with Crippen LogP contribution in [0.1, 0.15) is 334 Å². The molecule has 0 aliphatic carbocycles. The maximum atomic E-state index is 13.2. The number of nitrogens with zero attached hydrogens (tertiary/aromatic N) is 5. The van der Waals surface area contributed by atoms with Gasteiger partial charge in [0.05, 0.1) is 5.25 Å². The van der Waals surface area contributed by atoms with Crippen molar-refractivity contribution in [3.05, 3.63) is 83.5 Å². The Labute approximate surface area is 708 Å². The van der Waals surface area contributed by atoms with E-state index in [1.807, 2.05) is 20.8 Å². The van der Waals surface area contributed by atoms with Crippen molar-refractivity contribution >= 4 is 113 Å². The summed E-state index contributed by atoms with van der Waals surface area (Å²) < 4.78 is 180. The van der Waals surface area contributed by atoms with Crippen molar-refractivity contribution in [2.75, 3.05) is 73.2 Å². The maximum Gasteiger partial charge on any atom is 0.291 e. The first-order valence-corrected chi connectivity index (χ1v) is 54.3. The molecular weight excluding hydrogens is 1630 g/mol. The molecule has 0 saturated heterocycles. The molecule has 0 radical (unpaired) electrons. The molecule has 0 aromatic carbocycles. The number of hydrogen-bond acceptors (Lipinski definition) is 20. The number of methoxy groups -OCH3 is 2. The fourth-order valence-corrected chi connectivity index (χ4v) is 28.1. The molecule has 6 heterocycles. The lowest BCUT2D eigenvalue weighted by Crippen LogP contribution is -2.43. The average molecular weight is 1780 g/mol. The van der Waals surface area contributed by atoms with Gasteiger partial charge >= 0.3 is 0 Å². The van der Waals surface area contributed by atoms with E-state index in [-0.39, 0.29) is 56.5 Å². The van der Waals surface area contributed by atoms with E-state index in [1.165, 1.54) is 167 Å². The van der Waals surface area contributed by atoms with Crippen molar-refractivity contribution in [1.82, 2.24) is 24.6 Å². The Bertz CT molecular complexity index is 4130. The summed E-state index contributed by atoms with van der Waals surface area (Å²) in [5.41, 5.74) is 1.60. The monoisotopic (exact) mass is 1780 g/mol. The summed E-state index contributed by atoms with van der Waals surface area (Å²) in [6, 6.07) is 3.80. The smallest absolute Gasteiger partial charge is 0.291 e. The number of fused-ring (bicyclic) bond motifs is 3. The Balaban J connectivity index is 0.000000364. The van der Waals surface area contributed by atoms with Crippen LogP contribution in [0.3, 0.4) is 0 Å². The molecule has 3 aliphatic rings. The number of hydrogen-bond donors (Lipinski definition) is 3. The standard InChI is InChI=1S/C30H51N3O5S3.C28H49N3O5S3.C26H44N2O4S3/c1-4-6-7-8-9-10-11-12-13-14-15-16-17-18-19-20-22-32-40(34,35)29-25-27-28(31-5-2)26-33(23-21-24-38-3)41(36,37)30(27)39-29;1-4-6-7-8-9-10-11-12-13-14-15-16-17-18-20-30-38(32,33)27-23-25-26(29-5-2)24-31(21-19-22-36-3)39(34,35)28(25)37-27;1-4-6-7-8-9-10-11-12-13-14-15-16-17-18-19-28-35(31,32)25-21-23-24(27-5-2)20-22(3)34(29,30)26(23)33-25/h9-10,12-13,22,25,28,31H,4-8,11,14-21,23-24,26H2,1-3H3;10-11,20,23,26,29H,4-9,12-19,21-22,24H2,1-3H3;10-11,19,21-22,24,27H,4-9,12-18,20H2,1-3H3/b10-9+,13-12+,32-22?;11-10+,30-20?;11-10+,28-19?/t28-;26-;22-,24-/m000/s1. The first kappa shape index (κ1) is 104. The van der Waals surface area contributed by atoms with Crippen molar-refractivity contribution in [3.8, 4) is 0 Å². The SMILES string of the molecule is CCCCC/C=C/C/C=C/CCCCCCCC=NS(=O)(=O)c1cc2c(s1)S(=O)(=O)N(CCCOC)C[C@@H]2NCC.CCCCCC/C=C/CCCCCCCC=NS(=O)(=O)c1cc2c(s1)S(=O)(=O)N(CCCOC)C[C@@H]2NCC.CCCCCC/C=C/CCCCCCCC=NS(=O)(=O)c1cc2c(s1)S(=O)(=O)[C@@H](C)C[C@@H]2NCC. The highest BCUT2D eigenvalue weighted by Crippen LogP contribution is 2.45. The number of allylic oxidation sites excluding steroid dienone is 8. The number of nitrogens with one attached hydrogen (secondary N) is 3. The molecule has 3 N–H and O–H groups in total. The number of unbranched alkanes of at least 4 members (excludes halogenated alkanes) is 29. The first-order chi connectivity index (χ1) is 55.3. The van der Waals surface area contributed by atoms with E-state index in [1.54, 1.807) is 21.1 Å². The normalized spacial score (nSPS) is 18.5. The fraction of sp³-hybridized carbons (Fsp3) is 0.726. The van der Waals surface area contributed by atoms with Gasteiger partial charge in [0.25, 0.3) is 50.1 Å². The van der Waals surface area contributed by atoms with E-state index >= 15 is 0 Å². The summed E-state index contributed by atoms with van der Waals surface area (Å²) in [4.78, 5) is 0. The van der Waals surface area contributed by atoms with Gasteiger partial charge in [0.2, 0.25) is 0 Å². The van der Waals surface area contributed by atoms with Gasteiger partial charge in [-0.25, -0.2) is 25.3 Å². The Kier molecular flexibility index (Phi) is 52.8. The lowest BCUT2D eigenvalue weighted by atomic mass is 10.1. The van der Waals surface area contributed by atoms with Gasteiger partial charge in [-0.05, 0) is 186 Å². The number of sulfonamides is 5. The van der Waals surface area contributed by atoms with E-state index in [4.69, 9.17) is 9.47 Å². The lowest BCUT2D eigenvalue weighted by Gasteiger charge is -2.32. The predicted molar refractivity (Wildman–Crippen MR) is 481 cm³/mol. The van der Waals surface area contributed by atoms with Crippen LogP contribution in [0.5, 0.6) is 0 Å². The molecule has 0 unspecified atom stereocenters. The zero-order valence-electron chi connectivity index (χ0n) is 71.0. The van der Waals surface area contributed by atoms with Gasteiger partial charge in [0.15, 0.2) is 9.84 Å². The van der Waals surface area contributed by atoms with E-state index < -0.39 is 65.2 Å². The van der Waals surface area contributed by atoms with Gasteiger partial charge in [-0.3, -0.25) is 0 Å². The minimum atomic E-state index is -3.96. The van der Waals surface area contributed by atoms with Crippen molar-refractivity contribution < 1.29 is 60.0 Å². The molecule has 0 spiro atoms. The van der Waals surface area contributed by atoms with Gasteiger partial charge in [-0.15, -0.1) is 34.0 Å². The Hall–Kier alpha value is -3.51. The third-order valence-electron chi connectivity index (χ3n) is 20.2. The second-order valence-electron chi connectivity index (χ2n) is 29.9. The number of likely N-dealkylation sites (N-methyl/N-ethyl adjacent to an activating group) is 2. The maximum absolute atomic E-state index is 13.2. The van der Waals surface area contributed by atoms with E-state index in [9.17, 15) is 50.5 Å². The van der Waals surface area contributed by atoms with Gasteiger partial charge in [-0.1, -0.05) is 199 Å². The molecule has 115 heavy (non-hydrogen) atoms. The van der Waals surface area contributed by atoms with Crippen LogP contribution in [-0.4, -0.2) is 156 Å². The molecule has 0 fully saturated rings. The van der Waals surface area contributed by atoms with Crippen LogP contribution in [0.25, 0.3) is 0 Å². The highest BCUT2D eigenvalue weighted by atomic mass is 32.3. The summed E-state index contributed by atoms with van der Waals surface area (Å²) >= 11 is 2.44. The molecule has 658 valence electrons. The number of sulfone groups is 1. The summed E-state index contributed by atoms with van der Waals surface area (Å²) in [7, 11) is -19.7. The molecule has 3 aromatic rings. The quantitative estimate of drug-likeness (QED) is 0.0269. The molecule has 6 rings (SSSR count). The van der Waals surface area contributed by atoms with Crippen LogP contribution < -0.4 is 16.0 Å². The number of thiophene rings is 3. The van der Waals surface area contributed by atoms with Gasteiger partial charge in [-0.2, -0.15) is 47.1 Å². The first-order valence-electron chi connectivity index (χ1n) is 43.1. The Morgan fingerprint density at radius 3 is 1.00 bits per heavy atom. The average Bonchev–Trinajstić information content (AvgIpc) is 1.63. The molecule has 22 nitrogen and oxygen atoms in total. The van der Waals surface area contributed by atoms with Crippen LogP contribution in [0.4, 0.5) is 0 Å². The van der Waals surface area contributed by atoms with Crippen molar-refractivity contribution in [1.29, 1.82) is 0 Å². The summed E-state index contributed by atoms with van der Waals surface area (Å²) in [6.07, 6.45) is 64.6. The van der Waals surface area contributed by atoms with Gasteiger partial charge in [0, 0.05) is 107 Å². The van der Waals surface area contributed by atoms with Crippen LogP contribution in [0.15, 0.2) is 105 Å². The largest absolute Gasteiger partial charge is 0.385 e. The molecule has 4 atom stereocenters. The molecule has 3 aromatic heterocycles. The van der Waals surface area contributed by atoms with Crippen LogP contribution in [0.2, 0.25) is 0 Å². The Morgan fingerprint density at radius 2 is 0.670 bits per heavy atom. The summed E-state index contributed by atoms with van der Waals surface area (Å²) in [5.74, 6) is 0. The summed E-state index contributed by atoms with van der Waals surface area (Å²) in [6.45, 7) is 18.3. The minimum absolute atomic E-state index is 0.0118. The van der Waals surface area contributed by atoms with E-state index in [2.05, 4.69) is 98.5 Å². The highest BCUT2D eigenvalue weighted by Gasteiger charge is 2.43. The third-order valence-corrected chi connectivity index (χ3v) is 36.4. The molecular formula is C84H144N8O14S9. The molecule has 0 amide bonds. The number of rotatable bonds is 60.